The Morgan fingerprint density at radius 3 is 1.77 bits per heavy atom. The van der Waals surface area contributed by atoms with E-state index < -0.39 is 144 Å². The van der Waals surface area contributed by atoms with E-state index in [1.165, 1.54) is 55.9 Å². The summed E-state index contributed by atoms with van der Waals surface area (Å²) in [5.74, 6) is -6.33. The molecule has 7 rings (SSSR count). The number of primary amides is 1. The first-order valence-electron chi connectivity index (χ1n) is 40.7. The Kier molecular flexibility index (Phi) is 39.7. The number of nitrogens with zero attached hydrogens (tertiary/aromatic N) is 5. The normalized spacial score (nSPS) is 16.3. The van der Waals surface area contributed by atoms with Crippen LogP contribution in [0.2, 0.25) is 0 Å². The zero-order valence-corrected chi connectivity index (χ0v) is 72.7. The Morgan fingerprint density at radius 1 is 0.642 bits per heavy atom. The number of aromatic nitrogens is 1. The van der Waals surface area contributed by atoms with Crippen molar-refractivity contribution < 1.29 is 91.0 Å². The Labute approximate surface area is 712 Å². The van der Waals surface area contributed by atoms with Gasteiger partial charge >= 0.3 is 12.1 Å². The van der Waals surface area contributed by atoms with Crippen LogP contribution < -0.4 is 47.3 Å². The van der Waals surface area contributed by atoms with Crippen molar-refractivity contribution >= 4 is 100 Å². The van der Waals surface area contributed by atoms with Gasteiger partial charge in [-0.1, -0.05) is 171 Å². The minimum Gasteiger partial charge on any atom is -0.475 e. The average Bonchev–Trinajstić information content (AvgIpc) is 1.62. The number of nitrogens with two attached hydrogens (primary N) is 1. The van der Waals surface area contributed by atoms with Gasteiger partial charge in [-0.25, -0.2) is 19.5 Å². The van der Waals surface area contributed by atoms with Gasteiger partial charge in [0.15, 0.2) is 0 Å². The maximum Gasteiger partial charge on any atom is 0.410 e. The second-order valence-corrected chi connectivity index (χ2v) is 32.9. The molecule has 12 amide bonds. The summed E-state index contributed by atoms with van der Waals surface area (Å²) in [6.07, 6.45) is 0.208. The van der Waals surface area contributed by atoms with Crippen LogP contribution in [0.4, 0.5) is 21.0 Å². The molecule has 0 radical (unpaired) electrons. The maximum absolute atomic E-state index is 14.9. The third-order valence-corrected chi connectivity index (χ3v) is 23.2. The summed E-state index contributed by atoms with van der Waals surface area (Å²) >= 11 is 2.47. The molecule has 12 atom stereocenters. The summed E-state index contributed by atoms with van der Waals surface area (Å²) in [5.41, 5.74) is 7.08. The highest BCUT2D eigenvalue weighted by molar-refractivity contribution is 8.08. The van der Waals surface area contributed by atoms with E-state index in [0.717, 1.165) is 14.7 Å². The molecule has 3 heterocycles. The van der Waals surface area contributed by atoms with Crippen LogP contribution in [0.25, 0.3) is 0 Å². The second-order valence-electron chi connectivity index (χ2n) is 30.7. The molecule has 33 heteroatoms. The van der Waals surface area contributed by atoms with Gasteiger partial charge in [-0.3, -0.25) is 48.1 Å². The van der Waals surface area contributed by atoms with Gasteiger partial charge in [-0.15, -0.1) is 0 Å². The van der Waals surface area contributed by atoms with E-state index in [0.29, 0.717) is 58.1 Å². The van der Waals surface area contributed by atoms with E-state index in [4.69, 9.17) is 38.9 Å². The van der Waals surface area contributed by atoms with Gasteiger partial charge in [-0.05, 0) is 110 Å². The van der Waals surface area contributed by atoms with Crippen LogP contribution in [-0.4, -0.2) is 232 Å². The number of methoxy groups -OCH3 is 2. The van der Waals surface area contributed by atoms with Crippen LogP contribution in [-0.2, 0) is 78.2 Å². The smallest absolute Gasteiger partial charge is 0.410 e. The van der Waals surface area contributed by atoms with Gasteiger partial charge in [0.1, 0.15) is 44.0 Å². The molecule has 5 aromatic rings. The molecule has 1 aromatic heterocycles. The summed E-state index contributed by atoms with van der Waals surface area (Å²) in [6, 6.07) is 30.4. The third kappa shape index (κ3) is 28.6. The number of carbonyl (C=O) groups excluding carboxylic acids is 11. The van der Waals surface area contributed by atoms with Crippen molar-refractivity contribution in [1.29, 1.82) is 0 Å². The summed E-state index contributed by atoms with van der Waals surface area (Å²) in [7, 11) is 6.07. The first-order valence-corrected chi connectivity index (χ1v) is 42.3. The second kappa shape index (κ2) is 49.0. The maximum atomic E-state index is 14.9. The Hall–Kier alpha value is -10.0. The number of rotatable bonds is 49. The predicted molar refractivity (Wildman–Crippen MR) is 455 cm³/mol. The number of hydrogen-bond donors (Lipinski definition) is 8. The highest BCUT2D eigenvalue weighted by atomic mass is 32.2. The van der Waals surface area contributed by atoms with Crippen molar-refractivity contribution in [2.45, 2.75) is 185 Å². The monoisotopic (exact) mass is 1700 g/mol. The SMILES string of the molecule is CCC(C)[C@@H]([C@@H](CC(=O)N1CCC[C@H]1[C@H](OC)[C@@H](C)C(=O)N[C@H](C)[C@@H](O)c1ccccc1)OC)N(C)C(=O)[C@@H](NC(=O)[C@H](C(C)C)N(C)C(=O)OCc1ccc(NC(=O)[C@H](CCCNC(N)=O)NC(=O)[C@@H](NC(=O)COCCOCCOCCOc2ccc(N3C(=O)C(Sc4ccccc4)=C(Sc4ccccc4)C3=O)cn2)C(C)C)cc1)C(C)C. The summed E-state index contributed by atoms with van der Waals surface area (Å²) in [6.45, 7) is 18.8. The van der Waals surface area contributed by atoms with E-state index in [1.807, 2.05) is 92.7 Å². The van der Waals surface area contributed by atoms with Crippen LogP contribution in [0.3, 0.4) is 0 Å². The third-order valence-electron chi connectivity index (χ3n) is 20.9. The number of amides is 12. The molecule has 0 spiro atoms. The Bertz CT molecular complexity index is 4130. The topological polar surface area (TPSA) is 397 Å². The fraction of sp³-hybridized carbons (Fsp3) is 0.517. The quantitative estimate of drug-likeness (QED) is 0.0133. The molecule has 31 nitrogen and oxygen atoms in total. The molecular weight excluding hydrogens is 1580 g/mol. The lowest BCUT2D eigenvalue weighted by atomic mass is 9.89. The van der Waals surface area contributed by atoms with Crippen molar-refractivity contribution in [1.82, 2.24) is 46.3 Å². The van der Waals surface area contributed by atoms with Crippen molar-refractivity contribution in [2.75, 3.05) is 97.9 Å². The zero-order valence-electron chi connectivity index (χ0n) is 71.1. The number of likely N-dealkylation sites (tertiary alicyclic amines) is 1. The minimum atomic E-state index is -1.16. The van der Waals surface area contributed by atoms with Crippen molar-refractivity contribution in [2.24, 2.45) is 35.3 Å². The number of carbonyl (C=O) groups is 11. The van der Waals surface area contributed by atoms with Gasteiger partial charge in [0, 0.05) is 62.9 Å². The first-order chi connectivity index (χ1) is 57.4. The van der Waals surface area contributed by atoms with Crippen molar-refractivity contribution in [3.8, 4) is 5.88 Å². The van der Waals surface area contributed by atoms with Crippen molar-refractivity contribution in [3.63, 3.8) is 0 Å². The Morgan fingerprint density at radius 2 is 1.23 bits per heavy atom. The molecule has 1 saturated heterocycles. The van der Waals surface area contributed by atoms with Gasteiger partial charge in [0.05, 0.1) is 104 Å². The summed E-state index contributed by atoms with van der Waals surface area (Å²) < 4.78 is 40.3. The number of urea groups is 1. The number of pyridine rings is 1. The largest absolute Gasteiger partial charge is 0.475 e. The lowest BCUT2D eigenvalue weighted by Gasteiger charge is -2.41. The van der Waals surface area contributed by atoms with E-state index >= 15 is 0 Å². The molecule has 0 saturated carbocycles. The van der Waals surface area contributed by atoms with Gasteiger partial charge in [0.25, 0.3) is 11.8 Å². The number of likely N-dealkylation sites (N-methyl/N-ethyl adjacent to an activating group) is 2. The van der Waals surface area contributed by atoms with Gasteiger partial charge in [0.2, 0.25) is 47.2 Å². The van der Waals surface area contributed by atoms with E-state index in [9.17, 15) is 57.8 Å². The number of thioether (sulfide) groups is 2. The van der Waals surface area contributed by atoms with Crippen molar-refractivity contribution in [3.05, 3.63) is 155 Å². The van der Waals surface area contributed by atoms with Gasteiger partial charge in [-0.2, -0.15) is 0 Å². The number of anilines is 2. The number of ether oxygens (including phenoxy) is 7. The summed E-state index contributed by atoms with van der Waals surface area (Å²) in [5, 5.41) is 27.6. The standard InChI is InChI=1S/C87H120N12O19S2/c1-15-56(8)74(67(112-13)49-70(101)98-42-26-34-66(98)76(113-14)57(9)79(103)91-58(10)75(102)60-27-19-16-20-28-60)96(11)83(107)72(54(4)5)95-82(106)73(55(6)7)97(12)87(111)118-51-59-35-37-61(38-36-59)92-80(104)65(33-25-41-89-86(88)110)93-81(105)71(53(2)3)94-68(100)52-116-46-45-114-43-44-115-47-48-117-69-40-39-62(50-90-69)99-84(108)77(119-63-29-21-17-22-30-63)78(85(99)109)120-64-31-23-18-24-32-64/h16-24,27-32,35-40,50,53-58,65-67,71-76,102H,15,25-26,33-34,41-49,51-52H2,1-14H3,(H,91,103)(H,92,104)(H,93,105)(H,94,100)(H,95,106)(H3,88,89,110)/t56?,57-,58-,65+,66+,67-,71+,72+,73+,74+,75-,76-/m1/s1. The molecule has 0 aliphatic carbocycles. The molecule has 9 N–H and O–H groups in total. The lowest BCUT2D eigenvalue weighted by molar-refractivity contribution is -0.148. The number of imide groups is 1. The number of aliphatic hydroxyl groups is 1. The van der Waals surface area contributed by atoms with Crippen LogP contribution in [0.5, 0.6) is 5.88 Å². The zero-order chi connectivity index (χ0) is 87.7. The minimum absolute atomic E-state index is 0.0403. The van der Waals surface area contributed by atoms with E-state index in [-0.39, 0.29) is 95.7 Å². The van der Waals surface area contributed by atoms with Gasteiger partial charge < -0.3 is 85.7 Å². The average molecular weight is 1700 g/mol. The highest BCUT2D eigenvalue weighted by Gasteiger charge is 2.45. The molecular formula is C87H120N12O19S2. The van der Waals surface area contributed by atoms with E-state index in [1.54, 1.807) is 121 Å². The van der Waals surface area contributed by atoms with Crippen LogP contribution in [0, 0.1) is 29.6 Å². The fourth-order valence-electron chi connectivity index (χ4n) is 14.2. The summed E-state index contributed by atoms with van der Waals surface area (Å²) in [4.78, 5) is 164. The fourth-order valence-corrected chi connectivity index (χ4v) is 16.2. The molecule has 1 unspecified atom stereocenters. The predicted octanol–water partition coefficient (Wildman–Crippen LogP) is 8.78. The molecule has 654 valence electrons. The Balaban J connectivity index is 0.834. The number of nitrogens with one attached hydrogen (secondary N) is 6. The van der Waals surface area contributed by atoms with E-state index in [2.05, 4.69) is 36.9 Å². The first kappa shape index (κ1) is 97.1. The van der Waals surface area contributed by atoms with Crippen LogP contribution >= 0.6 is 23.5 Å². The molecule has 4 aromatic carbocycles. The molecule has 1 fully saturated rings. The molecule has 0 bridgehead atoms. The molecule has 2 aliphatic rings. The number of hydrogen-bond acceptors (Lipinski definition) is 22. The number of benzene rings is 4. The van der Waals surface area contributed by atoms with Crippen LogP contribution in [0.15, 0.2) is 153 Å². The lowest BCUT2D eigenvalue weighted by Crippen LogP contribution is -2.60. The molecule has 120 heavy (non-hydrogen) atoms. The molecule has 2 aliphatic heterocycles. The van der Waals surface area contributed by atoms with Crippen LogP contribution in [0.1, 0.15) is 125 Å². The number of aliphatic hydroxyl groups excluding tert-OH is 1. The highest BCUT2D eigenvalue weighted by Crippen LogP contribution is 2.44.